The summed E-state index contributed by atoms with van der Waals surface area (Å²) in [5.41, 5.74) is 5.05. The van der Waals surface area contributed by atoms with Gasteiger partial charge in [-0.25, -0.2) is 9.18 Å². The van der Waals surface area contributed by atoms with Crippen molar-refractivity contribution in [3.63, 3.8) is 0 Å². The Bertz CT molecular complexity index is 966. The number of carbonyl (C=O) groups excluding carboxylic acids is 1. The maximum absolute atomic E-state index is 12.9. The van der Waals surface area contributed by atoms with E-state index in [2.05, 4.69) is 31.7 Å². The first-order chi connectivity index (χ1) is 12.3. The molecule has 26 heavy (non-hydrogen) atoms. The van der Waals surface area contributed by atoms with Gasteiger partial charge in [0.05, 0.1) is 15.9 Å². The second kappa shape index (κ2) is 7.29. The summed E-state index contributed by atoms with van der Waals surface area (Å²) >= 11 is 3.58. The zero-order valence-electron chi connectivity index (χ0n) is 14.6. The van der Waals surface area contributed by atoms with Crippen LogP contribution in [0.15, 0.2) is 46.9 Å². The number of hydrogen-bond acceptors (Lipinski definition) is 2. The molecule has 0 radical (unpaired) electrons. The highest BCUT2D eigenvalue weighted by Gasteiger charge is 2.15. The van der Waals surface area contributed by atoms with Gasteiger partial charge in [-0.05, 0) is 71.7 Å². The quantitative estimate of drug-likeness (QED) is 0.612. The van der Waals surface area contributed by atoms with Crippen LogP contribution in [-0.2, 0) is 7.05 Å². The number of amides is 2. The van der Waals surface area contributed by atoms with Crippen molar-refractivity contribution in [3.05, 3.63) is 64.0 Å². The van der Waals surface area contributed by atoms with Crippen molar-refractivity contribution in [2.45, 2.75) is 13.8 Å². The van der Waals surface area contributed by atoms with Gasteiger partial charge in [0.1, 0.15) is 5.82 Å². The molecule has 2 amide bonds. The van der Waals surface area contributed by atoms with Gasteiger partial charge in [-0.3, -0.25) is 4.68 Å². The molecule has 3 rings (SSSR count). The second-order valence-corrected chi connectivity index (χ2v) is 6.78. The molecule has 3 aromatic rings. The number of nitrogens with zero attached hydrogens (tertiary/aromatic N) is 2. The Morgan fingerprint density at radius 1 is 1.08 bits per heavy atom. The standard InChI is InChI=1S/C19H18BrFN4O/c1-11-4-7-15(10-16(11)18-17(20)12(2)24-25(18)3)23-19(26)22-14-8-5-13(21)6-9-14/h4-10H,1-3H3,(H2,22,23,26). The van der Waals surface area contributed by atoms with Crippen LogP contribution in [-0.4, -0.2) is 15.8 Å². The summed E-state index contributed by atoms with van der Waals surface area (Å²) in [7, 11) is 1.88. The van der Waals surface area contributed by atoms with Crippen LogP contribution in [0.3, 0.4) is 0 Å². The van der Waals surface area contributed by atoms with Gasteiger partial charge < -0.3 is 10.6 Å². The smallest absolute Gasteiger partial charge is 0.308 e. The summed E-state index contributed by atoms with van der Waals surface area (Å²) in [6.45, 7) is 3.94. The summed E-state index contributed by atoms with van der Waals surface area (Å²) in [4.78, 5) is 12.2. The maximum Gasteiger partial charge on any atom is 0.323 e. The molecule has 0 aliphatic carbocycles. The summed E-state index contributed by atoms with van der Waals surface area (Å²) in [5.74, 6) is -0.351. The summed E-state index contributed by atoms with van der Waals surface area (Å²) < 4.78 is 15.7. The van der Waals surface area contributed by atoms with Gasteiger partial charge in [-0.2, -0.15) is 5.10 Å². The van der Waals surface area contributed by atoms with Crippen LogP contribution in [0, 0.1) is 19.7 Å². The number of aromatic nitrogens is 2. The van der Waals surface area contributed by atoms with Crippen molar-refractivity contribution >= 4 is 33.3 Å². The molecule has 2 N–H and O–H groups in total. The van der Waals surface area contributed by atoms with E-state index < -0.39 is 6.03 Å². The van der Waals surface area contributed by atoms with Crippen molar-refractivity contribution in [2.24, 2.45) is 7.05 Å². The molecular weight excluding hydrogens is 399 g/mol. The molecule has 7 heteroatoms. The molecule has 0 atom stereocenters. The monoisotopic (exact) mass is 416 g/mol. The summed E-state index contributed by atoms with van der Waals surface area (Å²) in [6, 6.07) is 10.9. The molecule has 0 bridgehead atoms. The minimum absolute atomic E-state index is 0.351. The number of benzene rings is 2. The predicted molar refractivity (Wildman–Crippen MR) is 105 cm³/mol. The van der Waals surface area contributed by atoms with E-state index >= 15 is 0 Å². The largest absolute Gasteiger partial charge is 0.323 e. The van der Waals surface area contributed by atoms with Gasteiger partial charge in [0, 0.05) is 24.0 Å². The lowest BCUT2D eigenvalue weighted by atomic mass is 10.0. The highest BCUT2D eigenvalue weighted by molar-refractivity contribution is 9.10. The molecule has 0 unspecified atom stereocenters. The Kier molecular flexibility index (Phi) is 5.08. The second-order valence-electron chi connectivity index (χ2n) is 5.99. The van der Waals surface area contributed by atoms with Gasteiger partial charge in [0.25, 0.3) is 0 Å². The highest BCUT2D eigenvalue weighted by atomic mass is 79.9. The van der Waals surface area contributed by atoms with Crippen LogP contribution in [0.5, 0.6) is 0 Å². The fourth-order valence-electron chi connectivity index (χ4n) is 2.71. The Morgan fingerprint density at radius 3 is 2.31 bits per heavy atom. The van der Waals surface area contributed by atoms with Crippen molar-refractivity contribution in [3.8, 4) is 11.3 Å². The number of hydrogen-bond donors (Lipinski definition) is 2. The van der Waals surface area contributed by atoms with E-state index in [0.717, 1.165) is 27.0 Å². The Hall–Kier alpha value is -2.67. The van der Waals surface area contributed by atoms with Crippen LogP contribution < -0.4 is 10.6 Å². The first-order valence-electron chi connectivity index (χ1n) is 7.99. The molecule has 5 nitrogen and oxygen atoms in total. The molecule has 0 aliphatic heterocycles. The lowest BCUT2D eigenvalue weighted by Gasteiger charge is -2.12. The number of carbonyl (C=O) groups is 1. The van der Waals surface area contributed by atoms with Crippen molar-refractivity contribution < 1.29 is 9.18 Å². The number of aryl methyl sites for hydroxylation is 3. The van der Waals surface area contributed by atoms with E-state index in [1.807, 2.05) is 43.8 Å². The lowest BCUT2D eigenvalue weighted by molar-refractivity contribution is 0.262. The average molecular weight is 417 g/mol. The van der Waals surface area contributed by atoms with Crippen molar-refractivity contribution in [1.82, 2.24) is 9.78 Å². The number of halogens is 2. The molecule has 2 aromatic carbocycles. The first-order valence-corrected chi connectivity index (χ1v) is 8.78. The normalized spacial score (nSPS) is 10.7. The molecule has 0 fully saturated rings. The van der Waals surface area contributed by atoms with Gasteiger partial charge in [-0.15, -0.1) is 0 Å². The zero-order valence-corrected chi connectivity index (χ0v) is 16.2. The molecule has 1 aromatic heterocycles. The molecule has 0 aliphatic rings. The molecular formula is C19H18BrFN4O. The van der Waals surface area contributed by atoms with Gasteiger partial charge in [0.2, 0.25) is 0 Å². The third-order valence-corrected chi connectivity index (χ3v) is 4.95. The molecule has 0 spiro atoms. The number of nitrogens with one attached hydrogen (secondary N) is 2. The van der Waals surface area contributed by atoms with Gasteiger partial charge in [-0.1, -0.05) is 6.07 Å². The molecule has 0 saturated heterocycles. The zero-order chi connectivity index (χ0) is 18.8. The lowest BCUT2D eigenvalue weighted by Crippen LogP contribution is -2.19. The average Bonchev–Trinajstić information content (AvgIpc) is 2.84. The van der Waals surface area contributed by atoms with Crippen molar-refractivity contribution in [1.29, 1.82) is 0 Å². The van der Waals surface area contributed by atoms with Gasteiger partial charge in [0.15, 0.2) is 0 Å². The third kappa shape index (κ3) is 3.77. The number of rotatable bonds is 3. The third-order valence-electron chi connectivity index (χ3n) is 4.00. The summed E-state index contributed by atoms with van der Waals surface area (Å²) in [5, 5.41) is 9.90. The van der Waals surface area contributed by atoms with Crippen molar-refractivity contribution in [2.75, 3.05) is 10.6 Å². The van der Waals surface area contributed by atoms with E-state index in [1.54, 1.807) is 0 Å². The fourth-order valence-corrected chi connectivity index (χ4v) is 3.26. The fraction of sp³-hybridized carbons (Fsp3) is 0.158. The van der Waals surface area contributed by atoms with E-state index in [0.29, 0.717) is 11.4 Å². The van der Waals surface area contributed by atoms with E-state index in [1.165, 1.54) is 24.3 Å². The van der Waals surface area contributed by atoms with Crippen LogP contribution >= 0.6 is 15.9 Å². The van der Waals surface area contributed by atoms with Crippen LogP contribution in [0.25, 0.3) is 11.3 Å². The SMILES string of the molecule is Cc1ccc(NC(=O)Nc2ccc(F)cc2)cc1-c1c(Br)c(C)nn1C. The highest BCUT2D eigenvalue weighted by Crippen LogP contribution is 2.34. The van der Waals surface area contributed by atoms with E-state index in [4.69, 9.17) is 0 Å². The molecule has 1 heterocycles. The Morgan fingerprint density at radius 2 is 1.69 bits per heavy atom. The van der Waals surface area contributed by atoms with E-state index in [-0.39, 0.29) is 5.82 Å². The summed E-state index contributed by atoms with van der Waals surface area (Å²) in [6.07, 6.45) is 0. The Labute approximate surface area is 159 Å². The minimum Gasteiger partial charge on any atom is -0.308 e. The van der Waals surface area contributed by atoms with Crippen LogP contribution in [0.2, 0.25) is 0 Å². The number of anilines is 2. The number of urea groups is 1. The molecule has 0 saturated carbocycles. The van der Waals surface area contributed by atoms with Gasteiger partial charge >= 0.3 is 6.03 Å². The first kappa shape index (κ1) is 18.1. The molecule has 134 valence electrons. The minimum atomic E-state index is -0.397. The Balaban J connectivity index is 1.83. The maximum atomic E-state index is 12.9. The van der Waals surface area contributed by atoms with E-state index in [9.17, 15) is 9.18 Å². The van der Waals surface area contributed by atoms with Crippen LogP contribution in [0.1, 0.15) is 11.3 Å². The van der Waals surface area contributed by atoms with Crippen LogP contribution in [0.4, 0.5) is 20.6 Å². The predicted octanol–water partition coefficient (Wildman–Crippen LogP) is 5.25. The topological polar surface area (TPSA) is 59.0 Å².